The van der Waals surface area contributed by atoms with E-state index in [0.29, 0.717) is 5.92 Å². The molecule has 1 saturated carbocycles. The first-order chi connectivity index (χ1) is 7.29. The molecule has 15 heavy (non-hydrogen) atoms. The SMILES string of the molecule is CC1CC1c1nc2c(c(NN)n1)CCC2. The lowest BCUT2D eigenvalue weighted by Gasteiger charge is -2.08. The molecule has 0 spiro atoms. The molecule has 2 unspecified atom stereocenters. The molecule has 1 aromatic rings. The summed E-state index contributed by atoms with van der Waals surface area (Å²) in [5.41, 5.74) is 5.16. The molecule has 0 radical (unpaired) electrons. The molecule has 4 nitrogen and oxygen atoms in total. The molecule has 0 aliphatic heterocycles. The quantitative estimate of drug-likeness (QED) is 0.564. The summed E-state index contributed by atoms with van der Waals surface area (Å²) in [6, 6.07) is 0. The van der Waals surface area contributed by atoms with Crippen LogP contribution >= 0.6 is 0 Å². The number of nitrogen functional groups attached to an aromatic ring is 1. The highest BCUT2D eigenvalue weighted by atomic mass is 15.3. The number of nitrogens with one attached hydrogen (secondary N) is 1. The zero-order chi connectivity index (χ0) is 10.4. The summed E-state index contributed by atoms with van der Waals surface area (Å²) in [5.74, 6) is 8.67. The average molecular weight is 204 g/mol. The first-order valence-electron chi connectivity index (χ1n) is 5.66. The summed E-state index contributed by atoms with van der Waals surface area (Å²) in [7, 11) is 0. The van der Waals surface area contributed by atoms with Gasteiger partial charge in [-0.2, -0.15) is 0 Å². The number of rotatable bonds is 2. The van der Waals surface area contributed by atoms with Crippen LogP contribution in [0.25, 0.3) is 0 Å². The van der Waals surface area contributed by atoms with Crippen molar-refractivity contribution in [3.8, 4) is 0 Å². The van der Waals surface area contributed by atoms with E-state index in [-0.39, 0.29) is 0 Å². The predicted molar refractivity (Wildman–Crippen MR) is 58.4 cm³/mol. The fraction of sp³-hybridized carbons (Fsp3) is 0.636. The lowest BCUT2D eigenvalue weighted by molar-refractivity contribution is 0.823. The minimum atomic E-state index is 0.572. The Hall–Kier alpha value is -1.16. The van der Waals surface area contributed by atoms with Gasteiger partial charge < -0.3 is 5.43 Å². The number of hydrazine groups is 1. The van der Waals surface area contributed by atoms with Crippen LogP contribution in [-0.2, 0) is 12.8 Å². The van der Waals surface area contributed by atoms with Crippen LogP contribution in [0.1, 0.15) is 42.8 Å². The summed E-state index contributed by atoms with van der Waals surface area (Å²) in [4.78, 5) is 9.20. The molecule has 1 heterocycles. The molecule has 2 aliphatic rings. The van der Waals surface area contributed by atoms with Gasteiger partial charge >= 0.3 is 0 Å². The Bertz CT molecular complexity index is 402. The van der Waals surface area contributed by atoms with Crippen molar-refractivity contribution >= 4 is 5.82 Å². The van der Waals surface area contributed by atoms with E-state index in [0.717, 1.165) is 30.4 Å². The van der Waals surface area contributed by atoms with Crippen LogP contribution in [0.15, 0.2) is 0 Å². The minimum absolute atomic E-state index is 0.572. The Kier molecular flexibility index (Phi) is 1.92. The second kappa shape index (κ2) is 3.17. The van der Waals surface area contributed by atoms with Crippen molar-refractivity contribution in [2.45, 2.75) is 38.5 Å². The van der Waals surface area contributed by atoms with Gasteiger partial charge in [-0.05, 0) is 31.6 Å². The van der Waals surface area contributed by atoms with Gasteiger partial charge in [0, 0.05) is 17.2 Å². The average Bonchev–Trinajstić information content (AvgIpc) is 2.79. The summed E-state index contributed by atoms with van der Waals surface area (Å²) in [6.45, 7) is 2.25. The number of aryl methyl sites for hydroxylation is 1. The van der Waals surface area contributed by atoms with E-state index in [1.54, 1.807) is 0 Å². The van der Waals surface area contributed by atoms with Gasteiger partial charge in [0.1, 0.15) is 11.6 Å². The molecular formula is C11H16N4. The monoisotopic (exact) mass is 204 g/mol. The van der Waals surface area contributed by atoms with Crippen molar-refractivity contribution in [1.29, 1.82) is 0 Å². The Morgan fingerprint density at radius 2 is 2.13 bits per heavy atom. The zero-order valence-corrected chi connectivity index (χ0v) is 8.95. The summed E-state index contributed by atoms with van der Waals surface area (Å²) in [6.07, 6.45) is 4.56. The van der Waals surface area contributed by atoms with Gasteiger partial charge in [-0.15, -0.1) is 0 Å². The highest BCUT2D eigenvalue weighted by Crippen LogP contribution is 2.46. The van der Waals surface area contributed by atoms with Gasteiger partial charge in [0.2, 0.25) is 0 Å². The third kappa shape index (κ3) is 1.40. The van der Waals surface area contributed by atoms with Gasteiger partial charge in [-0.1, -0.05) is 6.92 Å². The molecular weight excluding hydrogens is 188 g/mol. The molecule has 0 bridgehead atoms. The summed E-state index contributed by atoms with van der Waals surface area (Å²) in [5, 5.41) is 0. The van der Waals surface area contributed by atoms with E-state index in [9.17, 15) is 0 Å². The maximum absolute atomic E-state index is 5.51. The predicted octanol–water partition coefficient (Wildman–Crippen LogP) is 1.37. The van der Waals surface area contributed by atoms with Crippen LogP contribution in [0.3, 0.4) is 0 Å². The molecule has 0 saturated heterocycles. The van der Waals surface area contributed by atoms with Crippen molar-refractivity contribution < 1.29 is 0 Å². The van der Waals surface area contributed by atoms with Crippen LogP contribution in [0, 0.1) is 5.92 Å². The number of hydrogen-bond acceptors (Lipinski definition) is 4. The van der Waals surface area contributed by atoms with Gasteiger partial charge in [-0.25, -0.2) is 15.8 Å². The highest BCUT2D eigenvalue weighted by molar-refractivity contribution is 5.48. The van der Waals surface area contributed by atoms with E-state index in [1.165, 1.54) is 24.1 Å². The molecule has 3 rings (SSSR count). The molecule has 1 aromatic heterocycles. The Balaban J connectivity index is 2.03. The van der Waals surface area contributed by atoms with Crippen molar-refractivity contribution in [3.63, 3.8) is 0 Å². The zero-order valence-electron chi connectivity index (χ0n) is 8.95. The maximum Gasteiger partial charge on any atom is 0.147 e. The highest BCUT2D eigenvalue weighted by Gasteiger charge is 2.37. The second-order valence-corrected chi connectivity index (χ2v) is 4.67. The summed E-state index contributed by atoms with van der Waals surface area (Å²) >= 11 is 0. The number of aromatic nitrogens is 2. The molecule has 1 fully saturated rings. The molecule has 0 aromatic carbocycles. The van der Waals surface area contributed by atoms with Crippen LogP contribution in [0.5, 0.6) is 0 Å². The molecule has 3 N–H and O–H groups in total. The van der Waals surface area contributed by atoms with E-state index in [1.807, 2.05) is 0 Å². The normalized spacial score (nSPS) is 27.6. The summed E-state index contributed by atoms with van der Waals surface area (Å²) < 4.78 is 0. The van der Waals surface area contributed by atoms with Crippen molar-refractivity contribution in [2.75, 3.05) is 5.43 Å². The van der Waals surface area contributed by atoms with E-state index >= 15 is 0 Å². The maximum atomic E-state index is 5.51. The molecule has 80 valence electrons. The fourth-order valence-electron chi connectivity index (χ4n) is 2.42. The van der Waals surface area contributed by atoms with Crippen LogP contribution in [0.2, 0.25) is 0 Å². The number of nitrogens with two attached hydrogens (primary N) is 1. The third-order valence-corrected chi connectivity index (χ3v) is 3.53. The first-order valence-corrected chi connectivity index (χ1v) is 5.66. The smallest absolute Gasteiger partial charge is 0.147 e. The lowest BCUT2D eigenvalue weighted by Crippen LogP contribution is -2.13. The third-order valence-electron chi connectivity index (χ3n) is 3.53. The lowest BCUT2D eigenvalue weighted by atomic mass is 10.2. The second-order valence-electron chi connectivity index (χ2n) is 4.67. The molecule has 0 amide bonds. The molecule has 2 aliphatic carbocycles. The van der Waals surface area contributed by atoms with E-state index < -0.39 is 0 Å². The van der Waals surface area contributed by atoms with Crippen molar-refractivity contribution in [3.05, 3.63) is 17.1 Å². The van der Waals surface area contributed by atoms with E-state index in [4.69, 9.17) is 5.84 Å². The number of fused-ring (bicyclic) bond motifs is 1. The standard InChI is InChI=1S/C11H16N4/c1-6-5-8(6)10-13-9-4-2-3-7(9)11(14-10)15-12/h6,8H,2-5,12H2,1H3,(H,13,14,15). The van der Waals surface area contributed by atoms with E-state index in [2.05, 4.69) is 22.3 Å². The largest absolute Gasteiger partial charge is 0.308 e. The number of hydrogen-bond donors (Lipinski definition) is 2. The number of nitrogens with zero attached hydrogens (tertiary/aromatic N) is 2. The fourth-order valence-corrected chi connectivity index (χ4v) is 2.42. The first kappa shape index (κ1) is 9.09. The Morgan fingerprint density at radius 3 is 2.80 bits per heavy atom. The van der Waals surface area contributed by atoms with Crippen molar-refractivity contribution in [2.24, 2.45) is 11.8 Å². The van der Waals surface area contributed by atoms with Crippen LogP contribution < -0.4 is 11.3 Å². The minimum Gasteiger partial charge on any atom is -0.308 e. The molecule has 2 atom stereocenters. The van der Waals surface area contributed by atoms with Gasteiger partial charge in [0.05, 0.1) is 0 Å². The van der Waals surface area contributed by atoms with Gasteiger partial charge in [0.25, 0.3) is 0 Å². The van der Waals surface area contributed by atoms with Crippen LogP contribution in [0.4, 0.5) is 5.82 Å². The topological polar surface area (TPSA) is 63.8 Å². The Labute approximate surface area is 89.3 Å². The van der Waals surface area contributed by atoms with Crippen molar-refractivity contribution in [1.82, 2.24) is 9.97 Å². The van der Waals surface area contributed by atoms with Gasteiger partial charge in [0.15, 0.2) is 0 Å². The number of anilines is 1. The molecule has 4 heteroatoms. The van der Waals surface area contributed by atoms with Gasteiger partial charge in [-0.3, -0.25) is 0 Å². The van der Waals surface area contributed by atoms with Crippen LogP contribution in [-0.4, -0.2) is 9.97 Å². The Morgan fingerprint density at radius 1 is 1.33 bits per heavy atom.